The SMILES string of the molecule is CC(C)n1ccc(C(=O)NC2(C(=O)O)CCCC2)n1. The largest absolute Gasteiger partial charge is 0.480 e. The van der Waals surface area contributed by atoms with Gasteiger partial charge in [0.05, 0.1) is 0 Å². The second-order valence-electron chi connectivity index (χ2n) is 5.32. The van der Waals surface area contributed by atoms with Crippen LogP contribution < -0.4 is 5.32 Å². The Morgan fingerprint density at radius 1 is 1.42 bits per heavy atom. The summed E-state index contributed by atoms with van der Waals surface area (Å²) in [6, 6.07) is 1.78. The Kier molecular flexibility index (Phi) is 3.59. The average Bonchev–Trinajstić information content (AvgIpc) is 2.97. The molecule has 1 aromatic heterocycles. The van der Waals surface area contributed by atoms with Gasteiger partial charge in [-0.2, -0.15) is 5.10 Å². The van der Waals surface area contributed by atoms with Crippen molar-refractivity contribution in [3.63, 3.8) is 0 Å². The molecule has 0 aliphatic heterocycles. The van der Waals surface area contributed by atoms with Crippen LogP contribution in [0.5, 0.6) is 0 Å². The highest BCUT2D eigenvalue weighted by atomic mass is 16.4. The van der Waals surface area contributed by atoms with Crippen LogP contribution in [0.25, 0.3) is 0 Å². The van der Waals surface area contributed by atoms with Crippen LogP contribution in [-0.2, 0) is 4.79 Å². The van der Waals surface area contributed by atoms with E-state index in [1.165, 1.54) is 0 Å². The van der Waals surface area contributed by atoms with Gasteiger partial charge in [-0.1, -0.05) is 12.8 Å². The number of hydrogen-bond acceptors (Lipinski definition) is 3. The summed E-state index contributed by atoms with van der Waals surface area (Å²) in [5, 5.41) is 16.1. The molecule has 1 heterocycles. The van der Waals surface area contributed by atoms with Crippen LogP contribution in [0.15, 0.2) is 12.3 Å². The number of nitrogens with one attached hydrogen (secondary N) is 1. The molecule has 0 atom stereocenters. The monoisotopic (exact) mass is 265 g/mol. The lowest BCUT2D eigenvalue weighted by Crippen LogP contribution is -2.52. The molecule has 1 amide bonds. The van der Waals surface area contributed by atoms with Crippen molar-refractivity contribution in [1.29, 1.82) is 0 Å². The lowest BCUT2D eigenvalue weighted by Gasteiger charge is -2.24. The first-order valence-corrected chi connectivity index (χ1v) is 6.56. The lowest BCUT2D eigenvalue weighted by atomic mass is 9.97. The summed E-state index contributed by atoms with van der Waals surface area (Å²) < 4.78 is 1.68. The molecule has 0 saturated heterocycles. The Labute approximate surface area is 111 Å². The van der Waals surface area contributed by atoms with Gasteiger partial charge in [0.15, 0.2) is 0 Å². The molecular formula is C13H19N3O3. The number of carbonyl (C=O) groups is 2. The molecule has 1 aliphatic rings. The number of rotatable bonds is 4. The van der Waals surface area contributed by atoms with Crippen LogP contribution in [-0.4, -0.2) is 32.3 Å². The molecule has 1 fully saturated rings. The fraction of sp³-hybridized carbons (Fsp3) is 0.615. The van der Waals surface area contributed by atoms with Crippen molar-refractivity contribution in [3.8, 4) is 0 Å². The quantitative estimate of drug-likeness (QED) is 0.865. The molecule has 0 radical (unpaired) electrons. The number of hydrogen-bond donors (Lipinski definition) is 2. The van der Waals surface area contributed by atoms with Gasteiger partial charge in [0, 0.05) is 12.2 Å². The first-order valence-electron chi connectivity index (χ1n) is 6.56. The predicted molar refractivity (Wildman–Crippen MR) is 68.9 cm³/mol. The van der Waals surface area contributed by atoms with Crippen molar-refractivity contribution in [2.75, 3.05) is 0 Å². The molecule has 19 heavy (non-hydrogen) atoms. The van der Waals surface area contributed by atoms with E-state index in [2.05, 4.69) is 10.4 Å². The molecule has 6 nitrogen and oxygen atoms in total. The summed E-state index contributed by atoms with van der Waals surface area (Å²) in [6.45, 7) is 3.93. The Morgan fingerprint density at radius 2 is 2.05 bits per heavy atom. The van der Waals surface area contributed by atoms with Gasteiger partial charge in [0.1, 0.15) is 11.2 Å². The summed E-state index contributed by atoms with van der Waals surface area (Å²) in [4.78, 5) is 23.5. The maximum atomic E-state index is 12.1. The fourth-order valence-electron chi connectivity index (χ4n) is 2.40. The second-order valence-corrected chi connectivity index (χ2v) is 5.32. The molecule has 1 aliphatic carbocycles. The van der Waals surface area contributed by atoms with E-state index in [1.54, 1.807) is 16.9 Å². The summed E-state index contributed by atoms with van der Waals surface area (Å²) in [5.74, 6) is -1.37. The molecular weight excluding hydrogens is 246 g/mol. The third kappa shape index (κ3) is 2.62. The number of aromatic nitrogens is 2. The number of nitrogens with zero attached hydrogens (tertiary/aromatic N) is 2. The van der Waals surface area contributed by atoms with Gasteiger partial charge >= 0.3 is 5.97 Å². The number of amides is 1. The highest BCUT2D eigenvalue weighted by Gasteiger charge is 2.43. The molecule has 0 spiro atoms. The topological polar surface area (TPSA) is 84.2 Å². The zero-order valence-electron chi connectivity index (χ0n) is 11.2. The van der Waals surface area contributed by atoms with Crippen molar-refractivity contribution in [3.05, 3.63) is 18.0 Å². The van der Waals surface area contributed by atoms with Gasteiger partial charge in [-0.3, -0.25) is 9.48 Å². The van der Waals surface area contributed by atoms with Gasteiger partial charge in [-0.15, -0.1) is 0 Å². The van der Waals surface area contributed by atoms with Crippen molar-refractivity contribution < 1.29 is 14.7 Å². The molecule has 104 valence electrons. The number of carboxylic acids is 1. The third-order valence-electron chi connectivity index (χ3n) is 3.59. The lowest BCUT2D eigenvalue weighted by molar-refractivity contribution is -0.144. The minimum atomic E-state index is -1.11. The van der Waals surface area contributed by atoms with E-state index in [1.807, 2.05) is 13.8 Å². The normalized spacial score (nSPS) is 17.6. The van der Waals surface area contributed by atoms with E-state index in [0.29, 0.717) is 12.8 Å². The Balaban J connectivity index is 2.13. The van der Waals surface area contributed by atoms with E-state index < -0.39 is 17.4 Å². The Bertz CT molecular complexity index is 487. The molecule has 0 unspecified atom stereocenters. The standard InChI is InChI=1S/C13H19N3O3/c1-9(2)16-8-5-10(15-16)11(17)14-13(12(18)19)6-3-4-7-13/h5,8-9H,3-4,6-7H2,1-2H3,(H,14,17)(H,18,19). The van der Waals surface area contributed by atoms with Gasteiger partial charge in [-0.25, -0.2) is 4.79 Å². The summed E-state index contributed by atoms with van der Waals surface area (Å²) in [6.07, 6.45) is 4.35. The maximum absolute atomic E-state index is 12.1. The van der Waals surface area contributed by atoms with Crippen LogP contribution in [0.1, 0.15) is 56.1 Å². The van der Waals surface area contributed by atoms with Gasteiger partial charge in [0.2, 0.25) is 0 Å². The highest BCUT2D eigenvalue weighted by Crippen LogP contribution is 2.30. The zero-order chi connectivity index (χ0) is 14.0. The first kappa shape index (κ1) is 13.6. The van der Waals surface area contributed by atoms with Gasteiger partial charge in [-0.05, 0) is 32.8 Å². The van der Waals surface area contributed by atoms with Crippen LogP contribution >= 0.6 is 0 Å². The second kappa shape index (κ2) is 5.03. The molecule has 1 aromatic rings. The summed E-state index contributed by atoms with van der Waals surface area (Å²) >= 11 is 0. The number of carboxylic acid groups (broad SMARTS) is 1. The van der Waals surface area contributed by atoms with Crippen LogP contribution in [0, 0.1) is 0 Å². The average molecular weight is 265 g/mol. The number of aliphatic carboxylic acids is 1. The first-order chi connectivity index (χ1) is 8.94. The van der Waals surface area contributed by atoms with Crippen LogP contribution in [0.3, 0.4) is 0 Å². The molecule has 0 aromatic carbocycles. The third-order valence-corrected chi connectivity index (χ3v) is 3.59. The number of carbonyl (C=O) groups excluding carboxylic acids is 1. The van der Waals surface area contributed by atoms with Crippen molar-refractivity contribution >= 4 is 11.9 Å². The van der Waals surface area contributed by atoms with Crippen molar-refractivity contribution in [1.82, 2.24) is 15.1 Å². The predicted octanol–water partition coefficient (Wildman–Crippen LogP) is 1.59. The van der Waals surface area contributed by atoms with Gasteiger partial charge < -0.3 is 10.4 Å². The van der Waals surface area contributed by atoms with E-state index in [-0.39, 0.29) is 11.7 Å². The maximum Gasteiger partial charge on any atom is 0.329 e. The van der Waals surface area contributed by atoms with Gasteiger partial charge in [0.25, 0.3) is 5.91 Å². The minimum Gasteiger partial charge on any atom is -0.480 e. The molecule has 2 rings (SSSR count). The van der Waals surface area contributed by atoms with E-state index in [0.717, 1.165) is 12.8 Å². The van der Waals surface area contributed by atoms with Crippen LogP contribution in [0.2, 0.25) is 0 Å². The molecule has 0 bridgehead atoms. The van der Waals surface area contributed by atoms with Crippen LogP contribution in [0.4, 0.5) is 0 Å². The highest BCUT2D eigenvalue weighted by molar-refractivity contribution is 5.96. The molecule has 6 heteroatoms. The summed E-state index contributed by atoms with van der Waals surface area (Å²) in [7, 11) is 0. The fourth-order valence-corrected chi connectivity index (χ4v) is 2.40. The summed E-state index contributed by atoms with van der Waals surface area (Å²) in [5.41, 5.74) is -0.847. The Hall–Kier alpha value is -1.85. The van der Waals surface area contributed by atoms with E-state index in [4.69, 9.17) is 0 Å². The molecule has 2 N–H and O–H groups in total. The van der Waals surface area contributed by atoms with E-state index >= 15 is 0 Å². The zero-order valence-corrected chi connectivity index (χ0v) is 11.2. The molecule has 1 saturated carbocycles. The smallest absolute Gasteiger partial charge is 0.329 e. The van der Waals surface area contributed by atoms with E-state index in [9.17, 15) is 14.7 Å². The minimum absolute atomic E-state index is 0.168. The van der Waals surface area contributed by atoms with Crippen molar-refractivity contribution in [2.24, 2.45) is 0 Å². The Morgan fingerprint density at radius 3 is 2.53 bits per heavy atom. The van der Waals surface area contributed by atoms with Crippen molar-refractivity contribution in [2.45, 2.75) is 51.1 Å².